The third-order valence-electron chi connectivity index (χ3n) is 2.00. The SMILES string of the molecule is COC(=O)c1cc(CO)cc(C(C)=O)c1. The zero-order valence-corrected chi connectivity index (χ0v) is 8.61. The smallest absolute Gasteiger partial charge is 0.337 e. The van der Waals surface area contributed by atoms with Gasteiger partial charge in [0.05, 0.1) is 19.3 Å². The second-order valence-electron chi connectivity index (χ2n) is 3.12. The van der Waals surface area contributed by atoms with Crippen molar-refractivity contribution >= 4 is 11.8 Å². The summed E-state index contributed by atoms with van der Waals surface area (Å²) in [5.74, 6) is -0.678. The van der Waals surface area contributed by atoms with Crippen molar-refractivity contribution in [2.75, 3.05) is 7.11 Å². The van der Waals surface area contributed by atoms with Crippen molar-refractivity contribution < 1.29 is 19.4 Å². The van der Waals surface area contributed by atoms with Gasteiger partial charge in [-0.1, -0.05) is 0 Å². The predicted octanol–water partition coefficient (Wildman–Crippen LogP) is 1.17. The minimum Gasteiger partial charge on any atom is -0.465 e. The minimum absolute atomic E-state index is 0.157. The number of hydrogen-bond donors (Lipinski definition) is 1. The second kappa shape index (κ2) is 4.70. The first-order chi connectivity index (χ1) is 7.08. The Hall–Kier alpha value is -1.68. The van der Waals surface area contributed by atoms with Crippen LogP contribution >= 0.6 is 0 Å². The van der Waals surface area contributed by atoms with Crippen LogP contribution in [0.4, 0.5) is 0 Å². The molecule has 15 heavy (non-hydrogen) atoms. The van der Waals surface area contributed by atoms with Crippen molar-refractivity contribution in [1.29, 1.82) is 0 Å². The van der Waals surface area contributed by atoms with Crippen LogP contribution in [-0.2, 0) is 11.3 Å². The molecule has 1 aromatic rings. The number of esters is 1. The van der Waals surface area contributed by atoms with E-state index in [-0.39, 0.29) is 18.0 Å². The van der Waals surface area contributed by atoms with E-state index in [9.17, 15) is 9.59 Å². The van der Waals surface area contributed by atoms with E-state index in [0.717, 1.165) is 0 Å². The summed E-state index contributed by atoms with van der Waals surface area (Å²) in [6.07, 6.45) is 0. The van der Waals surface area contributed by atoms with E-state index in [1.165, 1.54) is 26.2 Å². The minimum atomic E-state index is -0.521. The summed E-state index contributed by atoms with van der Waals surface area (Å²) in [5.41, 5.74) is 1.18. The van der Waals surface area contributed by atoms with Crippen molar-refractivity contribution in [1.82, 2.24) is 0 Å². The molecule has 1 rings (SSSR count). The highest BCUT2D eigenvalue weighted by Gasteiger charge is 2.10. The largest absolute Gasteiger partial charge is 0.465 e. The monoisotopic (exact) mass is 208 g/mol. The van der Waals surface area contributed by atoms with Crippen LogP contribution in [0.3, 0.4) is 0 Å². The number of ether oxygens (including phenoxy) is 1. The summed E-state index contributed by atoms with van der Waals surface area (Å²) >= 11 is 0. The Morgan fingerprint density at radius 2 is 1.87 bits per heavy atom. The molecule has 0 aliphatic rings. The zero-order valence-electron chi connectivity index (χ0n) is 8.61. The molecule has 0 saturated carbocycles. The molecule has 0 heterocycles. The van der Waals surface area contributed by atoms with E-state index in [1.807, 2.05) is 0 Å². The van der Waals surface area contributed by atoms with Crippen LogP contribution in [0.1, 0.15) is 33.2 Å². The molecule has 0 spiro atoms. The molecule has 4 nitrogen and oxygen atoms in total. The van der Waals surface area contributed by atoms with Gasteiger partial charge in [0.25, 0.3) is 0 Å². The van der Waals surface area contributed by atoms with E-state index < -0.39 is 5.97 Å². The van der Waals surface area contributed by atoms with Crippen LogP contribution in [0.25, 0.3) is 0 Å². The number of ketones is 1. The third-order valence-corrected chi connectivity index (χ3v) is 2.00. The lowest BCUT2D eigenvalue weighted by atomic mass is 10.0. The lowest BCUT2D eigenvalue weighted by molar-refractivity contribution is 0.0600. The molecule has 0 fully saturated rings. The highest BCUT2D eigenvalue weighted by Crippen LogP contribution is 2.12. The van der Waals surface area contributed by atoms with Gasteiger partial charge in [0.15, 0.2) is 5.78 Å². The first kappa shape index (κ1) is 11.4. The normalized spacial score (nSPS) is 9.80. The summed E-state index contributed by atoms with van der Waals surface area (Å²) < 4.78 is 4.54. The average Bonchev–Trinajstić information content (AvgIpc) is 2.27. The van der Waals surface area contributed by atoms with Crippen molar-refractivity contribution in [3.8, 4) is 0 Å². The molecule has 1 aromatic carbocycles. The summed E-state index contributed by atoms with van der Waals surface area (Å²) in [6, 6.07) is 4.50. The van der Waals surface area contributed by atoms with Gasteiger partial charge >= 0.3 is 5.97 Å². The number of aliphatic hydroxyl groups excluding tert-OH is 1. The van der Waals surface area contributed by atoms with Gasteiger partial charge in [0.1, 0.15) is 0 Å². The van der Waals surface area contributed by atoms with Crippen LogP contribution in [0, 0.1) is 0 Å². The standard InChI is InChI=1S/C11H12O4/c1-7(13)9-3-8(6-12)4-10(5-9)11(14)15-2/h3-5,12H,6H2,1-2H3. The van der Waals surface area contributed by atoms with Crippen molar-refractivity contribution in [2.24, 2.45) is 0 Å². The number of benzene rings is 1. The second-order valence-corrected chi connectivity index (χ2v) is 3.12. The van der Waals surface area contributed by atoms with Crippen molar-refractivity contribution in [2.45, 2.75) is 13.5 Å². The molecule has 0 aromatic heterocycles. The molecule has 1 N–H and O–H groups in total. The molecule has 0 unspecified atom stereocenters. The predicted molar refractivity (Wildman–Crippen MR) is 53.7 cm³/mol. The van der Waals surface area contributed by atoms with Gasteiger partial charge in [-0.2, -0.15) is 0 Å². The quantitative estimate of drug-likeness (QED) is 0.598. The van der Waals surface area contributed by atoms with Crippen LogP contribution < -0.4 is 0 Å². The number of methoxy groups -OCH3 is 1. The Balaban J connectivity index is 3.23. The Morgan fingerprint density at radius 1 is 1.27 bits per heavy atom. The fraction of sp³-hybridized carbons (Fsp3) is 0.273. The molecule has 0 amide bonds. The van der Waals surface area contributed by atoms with Crippen LogP contribution in [0.5, 0.6) is 0 Å². The first-order valence-electron chi connectivity index (χ1n) is 4.42. The maximum Gasteiger partial charge on any atom is 0.337 e. The summed E-state index contributed by atoms with van der Waals surface area (Å²) in [6.45, 7) is 1.18. The molecule has 0 aliphatic heterocycles. The molecule has 0 radical (unpaired) electrons. The van der Waals surface area contributed by atoms with Crippen molar-refractivity contribution in [3.05, 3.63) is 34.9 Å². The molecular formula is C11H12O4. The van der Waals surface area contributed by atoms with Gasteiger partial charge in [0.2, 0.25) is 0 Å². The molecule has 0 bridgehead atoms. The number of carbonyl (C=O) groups excluding carboxylic acids is 2. The van der Waals surface area contributed by atoms with Crippen molar-refractivity contribution in [3.63, 3.8) is 0 Å². The van der Waals surface area contributed by atoms with Gasteiger partial charge in [0, 0.05) is 5.56 Å². The number of rotatable bonds is 3. The fourth-order valence-electron chi connectivity index (χ4n) is 1.22. The van der Waals surface area contributed by atoms with E-state index in [0.29, 0.717) is 11.1 Å². The maximum absolute atomic E-state index is 11.2. The third kappa shape index (κ3) is 2.63. The number of Topliss-reactive ketones (excluding diaryl/α,β-unsaturated/α-hetero) is 1. The van der Waals surface area contributed by atoms with Gasteiger partial charge in [-0.3, -0.25) is 4.79 Å². The van der Waals surface area contributed by atoms with Gasteiger partial charge in [-0.15, -0.1) is 0 Å². The molecule has 0 aliphatic carbocycles. The highest BCUT2D eigenvalue weighted by molar-refractivity contribution is 5.98. The van der Waals surface area contributed by atoms with E-state index in [1.54, 1.807) is 6.07 Å². The molecule has 80 valence electrons. The van der Waals surface area contributed by atoms with E-state index in [4.69, 9.17) is 5.11 Å². The average molecular weight is 208 g/mol. The zero-order chi connectivity index (χ0) is 11.4. The molecule has 4 heteroatoms. The Bertz CT molecular complexity index is 396. The Labute approximate surface area is 87.5 Å². The van der Waals surface area contributed by atoms with Crippen LogP contribution in [-0.4, -0.2) is 24.0 Å². The molecular weight excluding hydrogens is 196 g/mol. The van der Waals surface area contributed by atoms with Gasteiger partial charge in [-0.05, 0) is 30.7 Å². The van der Waals surface area contributed by atoms with Crippen LogP contribution in [0.15, 0.2) is 18.2 Å². The number of hydrogen-bond acceptors (Lipinski definition) is 4. The topological polar surface area (TPSA) is 63.6 Å². The number of carbonyl (C=O) groups is 2. The molecule has 0 atom stereocenters. The summed E-state index contributed by atoms with van der Waals surface area (Å²) in [4.78, 5) is 22.4. The van der Waals surface area contributed by atoms with Crippen LogP contribution in [0.2, 0.25) is 0 Å². The number of aliphatic hydroxyl groups is 1. The Morgan fingerprint density at radius 3 is 2.33 bits per heavy atom. The molecule has 0 saturated heterocycles. The van der Waals surface area contributed by atoms with E-state index >= 15 is 0 Å². The lowest BCUT2D eigenvalue weighted by Gasteiger charge is -2.04. The van der Waals surface area contributed by atoms with Gasteiger partial charge in [-0.25, -0.2) is 4.79 Å². The maximum atomic E-state index is 11.2. The summed E-state index contributed by atoms with van der Waals surface area (Å²) in [7, 11) is 1.27. The Kier molecular flexibility index (Phi) is 3.57. The van der Waals surface area contributed by atoms with Gasteiger partial charge < -0.3 is 9.84 Å². The first-order valence-corrected chi connectivity index (χ1v) is 4.42. The fourth-order valence-corrected chi connectivity index (χ4v) is 1.22. The summed E-state index contributed by atoms with van der Waals surface area (Å²) in [5, 5.41) is 8.96. The highest BCUT2D eigenvalue weighted by atomic mass is 16.5. The van der Waals surface area contributed by atoms with E-state index in [2.05, 4.69) is 4.74 Å². The lowest BCUT2D eigenvalue weighted by Crippen LogP contribution is -2.05.